The van der Waals surface area contributed by atoms with Crippen molar-refractivity contribution in [3.8, 4) is 0 Å². The topological polar surface area (TPSA) is 54.0 Å². The third-order valence-electron chi connectivity index (χ3n) is 3.41. The Morgan fingerprint density at radius 3 is 3.14 bits per heavy atom. The average Bonchev–Trinajstić information content (AvgIpc) is 2.84. The molecule has 21 heavy (non-hydrogen) atoms. The molecule has 0 unspecified atom stereocenters. The van der Waals surface area contributed by atoms with Crippen LogP contribution >= 0.6 is 22.9 Å². The van der Waals surface area contributed by atoms with Gasteiger partial charge in [0.15, 0.2) is 0 Å². The molecule has 0 fully saturated rings. The van der Waals surface area contributed by atoms with Crippen LogP contribution in [-0.2, 0) is 24.2 Å². The summed E-state index contributed by atoms with van der Waals surface area (Å²) in [5.74, 6) is -0.0611. The Balaban J connectivity index is 1.66. The van der Waals surface area contributed by atoms with Gasteiger partial charge in [0.05, 0.1) is 12.1 Å². The first kappa shape index (κ1) is 14.5. The van der Waals surface area contributed by atoms with E-state index in [0.717, 1.165) is 41.5 Å². The maximum absolute atomic E-state index is 12.1. The number of benzene rings is 1. The number of carbonyl (C=O) groups excluding carboxylic acids is 1. The highest BCUT2D eigenvalue weighted by Gasteiger charge is 2.16. The quantitative estimate of drug-likeness (QED) is 0.914. The fraction of sp³-hybridized carbons (Fsp3) is 0.333. The zero-order valence-corrected chi connectivity index (χ0v) is 13.3. The lowest BCUT2D eigenvalue weighted by atomic mass is 10.2. The van der Waals surface area contributed by atoms with Crippen molar-refractivity contribution in [2.45, 2.75) is 26.3 Å². The van der Waals surface area contributed by atoms with Crippen LogP contribution in [0.4, 0.5) is 5.69 Å². The lowest BCUT2D eigenvalue weighted by molar-refractivity contribution is -0.115. The molecular weight excluding hydrogens is 306 g/mol. The minimum atomic E-state index is -0.0611. The number of carbonyl (C=O) groups is 1. The molecule has 1 aromatic carbocycles. The van der Waals surface area contributed by atoms with Crippen LogP contribution in [0.3, 0.4) is 0 Å². The molecule has 1 aliphatic heterocycles. The van der Waals surface area contributed by atoms with Gasteiger partial charge < -0.3 is 10.6 Å². The summed E-state index contributed by atoms with van der Waals surface area (Å²) in [5.41, 5.74) is 2.85. The van der Waals surface area contributed by atoms with E-state index in [2.05, 4.69) is 15.6 Å². The number of fused-ring (bicyclic) bond motifs is 1. The normalized spacial score (nSPS) is 13.8. The molecule has 1 amide bonds. The second-order valence-electron chi connectivity index (χ2n) is 5.09. The van der Waals surface area contributed by atoms with Crippen LogP contribution in [0, 0.1) is 6.92 Å². The van der Waals surface area contributed by atoms with Crippen LogP contribution < -0.4 is 10.6 Å². The molecule has 4 nitrogen and oxygen atoms in total. The molecule has 110 valence electrons. The summed E-state index contributed by atoms with van der Waals surface area (Å²) < 4.78 is 0. The predicted octanol–water partition coefficient (Wildman–Crippen LogP) is 2.93. The number of aromatic nitrogens is 1. The summed E-state index contributed by atoms with van der Waals surface area (Å²) in [6.07, 6.45) is 1.25. The summed E-state index contributed by atoms with van der Waals surface area (Å²) in [5, 5.41) is 7.71. The molecule has 0 bridgehead atoms. The first-order valence-corrected chi connectivity index (χ1v) is 8.05. The van der Waals surface area contributed by atoms with Gasteiger partial charge in [-0.3, -0.25) is 4.79 Å². The first-order valence-electron chi connectivity index (χ1n) is 6.86. The largest absolute Gasteiger partial charge is 0.326 e. The number of aryl methyl sites for hydroxylation is 1. The standard InChI is InChI=1S/C15H16ClN3OS/c1-9-2-3-10(6-11(9)16)18-14(20)7-15-19-12-4-5-17-8-13(12)21-15/h2-3,6,17H,4-5,7-8H2,1H3,(H,18,20). The molecule has 2 aromatic rings. The number of thiazole rings is 1. The molecule has 1 aromatic heterocycles. The van der Waals surface area contributed by atoms with Crippen molar-refractivity contribution in [1.82, 2.24) is 10.3 Å². The van der Waals surface area contributed by atoms with Crippen molar-refractivity contribution in [3.63, 3.8) is 0 Å². The van der Waals surface area contributed by atoms with Crippen molar-refractivity contribution < 1.29 is 4.79 Å². The van der Waals surface area contributed by atoms with E-state index in [1.54, 1.807) is 17.4 Å². The fourth-order valence-corrected chi connectivity index (χ4v) is 3.53. The molecule has 0 atom stereocenters. The van der Waals surface area contributed by atoms with E-state index < -0.39 is 0 Å². The molecule has 0 aliphatic carbocycles. The van der Waals surface area contributed by atoms with Crippen molar-refractivity contribution >= 4 is 34.5 Å². The smallest absolute Gasteiger partial charge is 0.231 e. The molecule has 0 saturated heterocycles. The van der Waals surface area contributed by atoms with E-state index in [-0.39, 0.29) is 5.91 Å². The van der Waals surface area contributed by atoms with Gasteiger partial charge in [0.1, 0.15) is 5.01 Å². The molecule has 2 N–H and O–H groups in total. The van der Waals surface area contributed by atoms with Gasteiger partial charge >= 0.3 is 0 Å². The van der Waals surface area contributed by atoms with Gasteiger partial charge in [-0.25, -0.2) is 4.98 Å². The molecule has 1 aliphatic rings. The van der Waals surface area contributed by atoms with E-state index in [4.69, 9.17) is 11.6 Å². The van der Waals surface area contributed by atoms with Crippen LogP contribution in [0.2, 0.25) is 5.02 Å². The highest BCUT2D eigenvalue weighted by Crippen LogP contribution is 2.23. The van der Waals surface area contributed by atoms with Crippen molar-refractivity contribution in [1.29, 1.82) is 0 Å². The van der Waals surface area contributed by atoms with E-state index >= 15 is 0 Å². The Kier molecular flexibility index (Phi) is 4.24. The Bertz CT molecular complexity index is 660. The molecule has 0 spiro atoms. The fourth-order valence-electron chi connectivity index (χ4n) is 2.27. The third-order valence-corrected chi connectivity index (χ3v) is 4.92. The highest BCUT2D eigenvalue weighted by atomic mass is 35.5. The number of hydrogen-bond donors (Lipinski definition) is 2. The van der Waals surface area contributed by atoms with Gasteiger partial charge in [0, 0.05) is 35.1 Å². The maximum atomic E-state index is 12.1. The Labute approximate surface area is 132 Å². The van der Waals surface area contributed by atoms with Crippen LogP contribution in [0.5, 0.6) is 0 Å². The Hall–Kier alpha value is -1.43. The number of nitrogens with zero attached hydrogens (tertiary/aromatic N) is 1. The average molecular weight is 322 g/mol. The van der Waals surface area contributed by atoms with E-state index in [1.807, 2.05) is 19.1 Å². The highest BCUT2D eigenvalue weighted by molar-refractivity contribution is 7.11. The minimum Gasteiger partial charge on any atom is -0.326 e. The zero-order valence-electron chi connectivity index (χ0n) is 11.7. The van der Waals surface area contributed by atoms with Gasteiger partial charge in [-0.05, 0) is 24.6 Å². The maximum Gasteiger partial charge on any atom is 0.231 e. The van der Waals surface area contributed by atoms with Gasteiger partial charge in [-0.15, -0.1) is 11.3 Å². The monoisotopic (exact) mass is 321 g/mol. The summed E-state index contributed by atoms with van der Waals surface area (Å²) >= 11 is 7.68. The second-order valence-corrected chi connectivity index (χ2v) is 6.67. The van der Waals surface area contributed by atoms with Crippen molar-refractivity contribution in [2.75, 3.05) is 11.9 Å². The van der Waals surface area contributed by atoms with Gasteiger partial charge in [-0.2, -0.15) is 0 Å². The third kappa shape index (κ3) is 3.43. The van der Waals surface area contributed by atoms with Crippen molar-refractivity contribution in [3.05, 3.63) is 44.4 Å². The van der Waals surface area contributed by atoms with Gasteiger partial charge in [0.2, 0.25) is 5.91 Å². The van der Waals surface area contributed by atoms with E-state index in [9.17, 15) is 4.79 Å². The van der Waals surface area contributed by atoms with Crippen LogP contribution in [0.25, 0.3) is 0 Å². The Morgan fingerprint density at radius 1 is 1.52 bits per heavy atom. The second kappa shape index (κ2) is 6.13. The number of hydrogen-bond acceptors (Lipinski definition) is 4. The van der Waals surface area contributed by atoms with Crippen molar-refractivity contribution in [2.24, 2.45) is 0 Å². The molecular formula is C15H16ClN3OS. The van der Waals surface area contributed by atoms with Gasteiger partial charge in [-0.1, -0.05) is 17.7 Å². The van der Waals surface area contributed by atoms with Crippen LogP contribution in [0.1, 0.15) is 21.1 Å². The summed E-state index contributed by atoms with van der Waals surface area (Å²) in [7, 11) is 0. The molecule has 3 rings (SSSR count). The van der Waals surface area contributed by atoms with E-state index in [1.165, 1.54) is 4.88 Å². The molecule has 6 heteroatoms. The van der Waals surface area contributed by atoms with Crippen LogP contribution in [0.15, 0.2) is 18.2 Å². The number of amides is 1. The number of nitrogens with one attached hydrogen (secondary N) is 2. The summed E-state index contributed by atoms with van der Waals surface area (Å²) in [4.78, 5) is 17.9. The van der Waals surface area contributed by atoms with Crippen LogP contribution in [-0.4, -0.2) is 17.4 Å². The summed E-state index contributed by atoms with van der Waals surface area (Å²) in [6.45, 7) is 3.76. The molecule has 2 heterocycles. The van der Waals surface area contributed by atoms with Gasteiger partial charge in [0.25, 0.3) is 0 Å². The lowest BCUT2D eigenvalue weighted by Gasteiger charge is -2.09. The minimum absolute atomic E-state index is 0.0611. The number of anilines is 1. The number of halogens is 1. The molecule has 0 saturated carbocycles. The molecule has 0 radical (unpaired) electrons. The van der Waals surface area contributed by atoms with E-state index in [0.29, 0.717) is 11.4 Å². The number of rotatable bonds is 3. The zero-order chi connectivity index (χ0) is 14.8. The summed E-state index contributed by atoms with van der Waals surface area (Å²) in [6, 6.07) is 5.52. The Morgan fingerprint density at radius 2 is 2.38 bits per heavy atom. The first-order chi connectivity index (χ1) is 10.1. The lowest BCUT2D eigenvalue weighted by Crippen LogP contribution is -2.22. The SMILES string of the molecule is Cc1ccc(NC(=O)Cc2nc3c(s2)CNCC3)cc1Cl. The predicted molar refractivity (Wildman–Crippen MR) is 86.0 cm³/mol.